The Balaban J connectivity index is 2.33. The Bertz CT molecular complexity index is 653. The molecule has 0 aromatic carbocycles. The average Bonchev–Trinajstić information content (AvgIpc) is 2.73. The van der Waals surface area contributed by atoms with Gasteiger partial charge in [0.25, 0.3) is 0 Å². The SMILES string of the molecule is Cc1nn(C)c2ncc(C(=O)O)c(NCCOCCO)c12. The van der Waals surface area contributed by atoms with Crippen LogP contribution in [-0.4, -0.2) is 57.3 Å². The summed E-state index contributed by atoms with van der Waals surface area (Å²) < 4.78 is 6.77. The predicted octanol–water partition coefficient (Wildman–Crippen LogP) is 0.396. The molecule has 0 radical (unpaired) electrons. The van der Waals surface area contributed by atoms with Gasteiger partial charge in [0.1, 0.15) is 5.56 Å². The van der Waals surface area contributed by atoms with Crippen molar-refractivity contribution in [1.82, 2.24) is 14.8 Å². The van der Waals surface area contributed by atoms with Crippen LogP contribution in [0, 0.1) is 6.92 Å². The number of ether oxygens (including phenoxy) is 1. The maximum atomic E-state index is 11.3. The van der Waals surface area contributed by atoms with Crippen molar-refractivity contribution in [3.63, 3.8) is 0 Å². The number of aromatic nitrogens is 3. The third-order valence-electron chi connectivity index (χ3n) is 3.04. The Kier molecular flexibility index (Phi) is 4.71. The predicted molar refractivity (Wildman–Crippen MR) is 76.6 cm³/mol. The number of nitrogens with zero attached hydrogens (tertiary/aromatic N) is 3. The number of aliphatic hydroxyl groups is 1. The van der Waals surface area contributed by atoms with Gasteiger partial charge in [-0.2, -0.15) is 5.10 Å². The van der Waals surface area contributed by atoms with E-state index in [1.165, 1.54) is 6.20 Å². The van der Waals surface area contributed by atoms with Crippen LogP contribution in [0.2, 0.25) is 0 Å². The van der Waals surface area contributed by atoms with E-state index >= 15 is 0 Å². The minimum absolute atomic E-state index is 0.0401. The van der Waals surface area contributed by atoms with Crippen molar-refractivity contribution in [1.29, 1.82) is 0 Å². The molecule has 0 aliphatic rings. The number of rotatable bonds is 7. The van der Waals surface area contributed by atoms with Crippen molar-refractivity contribution >= 4 is 22.7 Å². The Morgan fingerprint density at radius 3 is 2.90 bits per heavy atom. The smallest absolute Gasteiger partial charge is 0.339 e. The second kappa shape index (κ2) is 6.51. The molecule has 8 heteroatoms. The lowest BCUT2D eigenvalue weighted by Crippen LogP contribution is -2.14. The van der Waals surface area contributed by atoms with E-state index in [0.29, 0.717) is 35.6 Å². The highest BCUT2D eigenvalue weighted by atomic mass is 16.5. The van der Waals surface area contributed by atoms with Crippen LogP contribution < -0.4 is 5.32 Å². The van der Waals surface area contributed by atoms with E-state index in [2.05, 4.69) is 15.4 Å². The lowest BCUT2D eigenvalue weighted by molar-refractivity contribution is 0.0697. The molecule has 0 saturated carbocycles. The molecule has 0 atom stereocenters. The maximum Gasteiger partial charge on any atom is 0.339 e. The molecule has 2 aromatic rings. The van der Waals surface area contributed by atoms with Gasteiger partial charge in [0.2, 0.25) is 0 Å². The maximum absolute atomic E-state index is 11.3. The molecule has 2 aromatic heterocycles. The number of pyridine rings is 1. The molecule has 8 nitrogen and oxygen atoms in total. The lowest BCUT2D eigenvalue weighted by Gasteiger charge is -2.11. The minimum Gasteiger partial charge on any atom is -0.478 e. The largest absolute Gasteiger partial charge is 0.478 e. The third kappa shape index (κ3) is 3.11. The molecule has 2 heterocycles. The number of carboxylic acid groups (broad SMARTS) is 1. The monoisotopic (exact) mass is 294 g/mol. The molecule has 0 aliphatic heterocycles. The van der Waals surface area contributed by atoms with E-state index < -0.39 is 5.97 Å². The Morgan fingerprint density at radius 2 is 2.24 bits per heavy atom. The fourth-order valence-corrected chi connectivity index (χ4v) is 2.17. The second-order valence-corrected chi connectivity index (χ2v) is 4.52. The van der Waals surface area contributed by atoms with Gasteiger partial charge in [-0.25, -0.2) is 9.78 Å². The molecule has 0 bridgehead atoms. The lowest BCUT2D eigenvalue weighted by atomic mass is 10.1. The number of hydrogen-bond acceptors (Lipinski definition) is 6. The standard InChI is InChI=1S/C13H18N4O4/c1-8-10-11(14-3-5-21-6-4-18)9(13(19)20)7-15-12(10)17(2)16-8/h7,18H,3-6H2,1-2H3,(H,14,15)(H,19,20). The zero-order valence-electron chi connectivity index (χ0n) is 12.0. The van der Waals surface area contributed by atoms with E-state index in [1.54, 1.807) is 11.7 Å². The molecule has 0 spiro atoms. The molecular formula is C13H18N4O4. The van der Waals surface area contributed by atoms with Crippen LogP contribution in [0.5, 0.6) is 0 Å². The van der Waals surface area contributed by atoms with Crippen molar-refractivity contribution in [2.45, 2.75) is 6.92 Å². The van der Waals surface area contributed by atoms with Crippen molar-refractivity contribution in [2.75, 3.05) is 31.7 Å². The van der Waals surface area contributed by atoms with E-state index in [0.717, 1.165) is 0 Å². The summed E-state index contributed by atoms with van der Waals surface area (Å²) in [4.78, 5) is 15.5. The molecule has 0 aliphatic carbocycles. The van der Waals surface area contributed by atoms with E-state index in [1.807, 2.05) is 6.92 Å². The van der Waals surface area contributed by atoms with Crippen molar-refractivity contribution < 1.29 is 19.7 Å². The fourth-order valence-electron chi connectivity index (χ4n) is 2.17. The van der Waals surface area contributed by atoms with Gasteiger partial charge in [-0.05, 0) is 6.92 Å². The van der Waals surface area contributed by atoms with Crippen LogP contribution in [0.15, 0.2) is 6.20 Å². The first-order chi connectivity index (χ1) is 10.1. The highest BCUT2D eigenvalue weighted by molar-refractivity contribution is 6.04. The average molecular weight is 294 g/mol. The highest BCUT2D eigenvalue weighted by Crippen LogP contribution is 2.28. The summed E-state index contributed by atoms with van der Waals surface area (Å²) in [5.41, 5.74) is 1.92. The number of aromatic carboxylic acids is 1. The molecule has 0 fully saturated rings. The number of carbonyl (C=O) groups is 1. The fraction of sp³-hybridized carbons (Fsp3) is 0.462. The molecule has 0 saturated heterocycles. The summed E-state index contributed by atoms with van der Waals surface area (Å²) in [5, 5.41) is 26.0. The zero-order chi connectivity index (χ0) is 15.4. The first-order valence-electron chi connectivity index (χ1n) is 6.54. The Hall–Kier alpha value is -2.19. The van der Waals surface area contributed by atoms with Gasteiger partial charge in [-0.1, -0.05) is 0 Å². The van der Waals surface area contributed by atoms with Crippen LogP contribution in [0.4, 0.5) is 5.69 Å². The Labute approximate surface area is 121 Å². The summed E-state index contributed by atoms with van der Waals surface area (Å²) in [6, 6.07) is 0. The van der Waals surface area contributed by atoms with Gasteiger partial charge >= 0.3 is 5.97 Å². The summed E-state index contributed by atoms with van der Waals surface area (Å²) in [6.07, 6.45) is 1.32. The summed E-state index contributed by atoms with van der Waals surface area (Å²) >= 11 is 0. The highest BCUT2D eigenvalue weighted by Gasteiger charge is 2.18. The summed E-state index contributed by atoms with van der Waals surface area (Å²) in [5.74, 6) is -1.05. The van der Waals surface area contributed by atoms with Crippen molar-refractivity contribution in [3.8, 4) is 0 Å². The van der Waals surface area contributed by atoms with E-state index in [9.17, 15) is 9.90 Å². The van der Waals surface area contributed by atoms with Crippen LogP contribution in [0.25, 0.3) is 11.0 Å². The van der Waals surface area contributed by atoms with Crippen LogP contribution in [-0.2, 0) is 11.8 Å². The first kappa shape index (κ1) is 15.2. The van der Waals surface area contributed by atoms with Crippen LogP contribution >= 0.6 is 0 Å². The second-order valence-electron chi connectivity index (χ2n) is 4.52. The molecule has 114 valence electrons. The first-order valence-corrected chi connectivity index (χ1v) is 6.54. The normalized spacial score (nSPS) is 11.0. The summed E-state index contributed by atoms with van der Waals surface area (Å²) in [7, 11) is 1.76. The van der Waals surface area contributed by atoms with Crippen molar-refractivity contribution in [2.24, 2.45) is 7.05 Å². The molecule has 3 N–H and O–H groups in total. The van der Waals surface area contributed by atoms with Gasteiger partial charge in [0.15, 0.2) is 5.65 Å². The Morgan fingerprint density at radius 1 is 1.48 bits per heavy atom. The molecular weight excluding hydrogens is 276 g/mol. The number of aliphatic hydroxyl groups excluding tert-OH is 1. The van der Waals surface area contributed by atoms with Crippen LogP contribution in [0.1, 0.15) is 16.1 Å². The molecule has 0 unspecified atom stereocenters. The van der Waals surface area contributed by atoms with Gasteiger partial charge in [-0.3, -0.25) is 4.68 Å². The van der Waals surface area contributed by atoms with Crippen LogP contribution in [0.3, 0.4) is 0 Å². The van der Waals surface area contributed by atoms with E-state index in [-0.39, 0.29) is 18.8 Å². The van der Waals surface area contributed by atoms with Gasteiger partial charge in [0, 0.05) is 19.8 Å². The number of carboxylic acids is 1. The van der Waals surface area contributed by atoms with E-state index in [4.69, 9.17) is 9.84 Å². The zero-order valence-corrected chi connectivity index (χ0v) is 12.0. The molecule has 0 amide bonds. The van der Waals surface area contributed by atoms with Gasteiger partial charge in [0.05, 0.1) is 36.6 Å². The number of fused-ring (bicyclic) bond motifs is 1. The summed E-state index contributed by atoms with van der Waals surface area (Å²) in [6.45, 7) is 2.81. The third-order valence-corrected chi connectivity index (χ3v) is 3.04. The van der Waals surface area contributed by atoms with Gasteiger partial charge in [-0.15, -0.1) is 0 Å². The number of aryl methyl sites for hydroxylation is 2. The minimum atomic E-state index is -1.05. The number of anilines is 1. The number of hydrogen-bond donors (Lipinski definition) is 3. The van der Waals surface area contributed by atoms with Crippen molar-refractivity contribution in [3.05, 3.63) is 17.5 Å². The number of nitrogens with one attached hydrogen (secondary N) is 1. The quantitative estimate of drug-likeness (QED) is 0.634. The molecule has 2 rings (SSSR count). The van der Waals surface area contributed by atoms with Gasteiger partial charge < -0.3 is 20.3 Å². The molecule has 21 heavy (non-hydrogen) atoms. The topological polar surface area (TPSA) is 110 Å².